The van der Waals surface area contributed by atoms with Crippen molar-refractivity contribution in [1.29, 1.82) is 0 Å². The van der Waals surface area contributed by atoms with Gasteiger partial charge in [0.25, 0.3) is 0 Å². The molecular weight excluding hydrogens is 322 g/mol. The van der Waals surface area contributed by atoms with E-state index in [1.54, 1.807) is 12.1 Å². The Bertz CT molecular complexity index is 557. The standard InChI is InChI=1S/C16H20ClNO5/c17-12-4-1-2-5-13(12)23-9-3-6-14(19)18-16(15(20)21)7-10-22-11-8-16/h1-2,4-5H,3,6-11H2,(H,18,19)(H,20,21). The molecule has 1 aromatic rings. The van der Waals surface area contributed by atoms with Gasteiger partial charge in [-0.25, -0.2) is 4.79 Å². The summed E-state index contributed by atoms with van der Waals surface area (Å²) in [6, 6.07) is 7.10. The maximum atomic E-state index is 12.0. The number of hydrogen-bond acceptors (Lipinski definition) is 4. The number of rotatable bonds is 7. The summed E-state index contributed by atoms with van der Waals surface area (Å²) < 4.78 is 10.7. The molecule has 7 heteroatoms. The normalized spacial score (nSPS) is 16.6. The molecule has 0 aromatic heterocycles. The second-order valence-corrected chi connectivity index (χ2v) is 5.84. The molecule has 6 nitrogen and oxygen atoms in total. The van der Waals surface area contributed by atoms with Crippen LogP contribution in [0.2, 0.25) is 5.02 Å². The number of ether oxygens (including phenoxy) is 2. The van der Waals surface area contributed by atoms with E-state index in [1.807, 2.05) is 12.1 Å². The lowest BCUT2D eigenvalue weighted by atomic mass is 9.90. The van der Waals surface area contributed by atoms with Gasteiger partial charge in [0.05, 0.1) is 11.6 Å². The van der Waals surface area contributed by atoms with E-state index in [0.29, 0.717) is 37.0 Å². The zero-order valence-corrected chi connectivity index (χ0v) is 13.5. The number of hydrogen-bond donors (Lipinski definition) is 2. The van der Waals surface area contributed by atoms with Gasteiger partial charge in [-0.15, -0.1) is 0 Å². The molecule has 0 spiro atoms. The first-order chi connectivity index (χ1) is 11.0. The number of aliphatic carboxylic acids is 1. The van der Waals surface area contributed by atoms with Gasteiger partial charge in [-0.3, -0.25) is 4.79 Å². The Labute approximate surface area is 139 Å². The van der Waals surface area contributed by atoms with Crippen LogP contribution in [-0.2, 0) is 14.3 Å². The van der Waals surface area contributed by atoms with Crippen LogP contribution in [0.5, 0.6) is 5.75 Å². The van der Waals surface area contributed by atoms with Crippen LogP contribution in [0.25, 0.3) is 0 Å². The number of halogens is 1. The second kappa shape index (κ2) is 8.17. The zero-order valence-electron chi connectivity index (χ0n) is 12.7. The van der Waals surface area contributed by atoms with Crippen molar-refractivity contribution in [2.24, 2.45) is 0 Å². The summed E-state index contributed by atoms with van der Waals surface area (Å²) in [5, 5.41) is 12.5. The number of carbonyl (C=O) groups excluding carboxylic acids is 1. The summed E-state index contributed by atoms with van der Waals surface area (Å²) in [6.45, 7) is 1.00. The van der Waals surface area contributed by atoms with Crippen molar-refractivity contribution >= 4 is 23.5 Å². The third-order valence-corrected chi connectivity index (χ3v) is 4.09. The number of benzene rings is 1. The topological polar surface area (TPSA) is 84.9 Å². The predicted octanol–water partition coefficient (Wildman–Crippen LogP) is 2.25. The Morgan fingerprint density at radius 3 is 2.65 bits per heavy atom. The summed E-state index contributed by atoms with van der Waals surface area (Å²) in [5.41, 5.74) is -1.21. The van der Waals surface area contributed by atoms with Gasteiger partial charge in [0.1, 0.15) is 11.3 Å². The molecule has 1 fully saturated rings. The first-order valence-electron chi connectivity index (χ1n) is 7.53. The molecular formula is C16H20ClNO5. The molecule has 23 heavy (non-hydrogen) atoms. The first-order valence-corrected chi connectivity index (χ1v) is 7.91. The number of carboxylic acid groups (broad SMARTS) is 1. The minimum Gasteiger partial charge on any atom is -0.492 e. The van der Waals surface area contributed by atoms with Crippen LogP contribution in [0.4, 0.5) is 0 Å². The third-order valence-electron chi connectivity index (χ3n) is 3.78. The number of para-hydroxylation sites is 1. The molecule has 1 aromatic carbocycles. The predicted molar refractivity (Wildman–Crippen MR) is 84.7 cm³/mol. The lowest BCUT2D eigenvalue weighted by Gasteiger charge is -2.33. The molecule has 1 saturated heterocycles. The SMILES string of the molecule is O=C(CCCOc1ccccc1Cl)NC1(C(=O)O)CCOCC1. The fourth-order valence-electron chi connectivity index (χ4n) is 2.42. The van der Waals surface area contributed by atoms with E-state index in [0.717, 1.165) is 0 Å². The molecule has 1 aliphatic rings. The highest BCUT2D eigenvalue weighted by atomic mass is 35.5. The molecule has 0 atom stereocenters. The quantitative estimate of drug-likeness (QED) is 0.743. The van der Waals surface area contributed by atoms with Crippen molar-refractivity contribution in [3.8, 4) is 5.75 Å². The van der Waals surface area contributed by atoms with Crippen molar-refractivity contribution < 1.29 is 24.2 Å². The van der Waals surface area contributed by atoms with Crippen molar-refractivity contribution in [3.63, 3.8) is 0 Å². The fourth-order valence-corrected chi connectivity index (χ4v) is 2.61. The minimum atomic E-state index is -1.21. The number of carbonyl (C=O) groups is 2. The first kappa shape index (κ1) is 17.6. The van der Waals surface area contributed by atoms with Crippen LogP contribution in [0.3, 0.4) is 0 Å². The number of carboxylic acids is 1. The molecule has 126 valence electrons. The van der Waals surface area contributed by atoms with E-state index in [1.165, 1.54) is 0 Å². The van der Waals surface area contributed by atoms with E-state index >= 15 is 0 Å². The van der Waals surface area contributed by atoms with Crippen LogP contribution in [0.1, 0.15) is 25.7 Å². The van der Waals surface area contributed by atoms with Gasteiger partial charge in [0.15, 0.2) is 0 Å². The van der Waals surface area contributed by atoms with E-state index in [2.05, 4.69) is 5.32 Å². The Morgan fingerprint density at radius 2 is 2.00 bits per heavy atom. The maximum Gasteiger partial charge on any atom is 0.329 e. The van der Waals surface area contributed by atoms with Gasteiger partial charge in [-0.05, 0) is 18.6 Å². The van der Waals surface area contributed by atoms with Crippen molar-refractivity contribution in [2.45, 2.75) is 31.2 Å². The Morgan fingerprint density at radius 1 is 1.30 bits per heavy atom. The molecule has 1 amide bonds. The average Bonchev–Trinajstić information content (AvgIpc) is 2.54. The van der Waals surface area contributed by atoms with Crippen molar-refractivity contribution in [2.75, 3.05) is 19.8 Å². The third kappa shape index (κ3) is 4.84. The monoisotopic (exact) mass is 341 g/mol. The Balaban J connectivity index is 1.76. The van der Waals surface area contributed by atoms with Gasteiger partial charge in [-0.2, -0.15) is 0 Å². The smallest absolute Gasteiger partial charge is 0.329 e. The molecule has 1 heterocycles. The van der Waals surface area contributed by atoms with Gasteiger partial charge < -0.3 is 19.9 Å². The van der Waals surface area contributed by atoms with Gasteiger partial charge in [-0.1, -0.05) is 23.7 Å². The molecule has 0 unspecified atom stereocenters. The molecule has 2 rings (SSSR count). The maximum absolute atomic E-state index is 12.0. The van der Waals surface area contributed by atoms with E-state index in [4.69, 9.17) is 21.1 Å². The van der Waals surface area contributed by atoms with E-state index in [9.17, 15) is 14.7 Å². The number of amides is 1. The molecule has 2 N–H and O–H groups in total. The van der Waals surface area contributed by atoms with Crippen LogP contribution < -0.4 is 10.1 Å². The summed E-state index contributed by atoms with van der Waals surface area (Å²) in [7, 11) is 0. The van der Waals surface area contributed by atoms with Crippen LogP contribution in [-0.4, -0.2) is 42.3 Å². The molecule has 0 saturated carbocycles. The summed E-state index contributed by atoms with van der Waals surface area (Å²) in [5.74, 6) is -0.737. The molecule has 0 radical (unpaired) electrons. The van der Waals surface area contributed by atoms with Crippen molar-refractivity contribution in [1.82, 2.24) is 5.32 Å². The highest BCUT2D eigenvalue weighted by Gasteiger charge is 2.41. The molecule has 0 aliphatic carbocycles. The number of nitrogens with one attached hydrogen (secondary N) is 1. The fraction of sp³-hybridized carbons (Fsp3) is 0.500. The van der Waals surface area contributed by atoms with Crippen molar-refractivity contribution in [3.05, 3.63) is 29.3 Å². The van der Waals surface area contributed by atoms with Crippen LogP contribution >= 0.6 is 11.6 Å². The van der Waals surface area contributed by atoms with Gasteiger partial charge >= 0.3 is 5.97 Å². The summed E-state index contributed by atoms with van der Waals surface area (Å²) in [4.78, 5) is 23.5. The minimum absolute atomic E-state index is 0.195. The zero-order chi connectivity index (χ0) is 16.7. The molecule has 0 bridgehead atoms. The van der Waals surface area contributed by atoms with Crippen LogP contribution in [0, 0.1) is 0 Å². The highest BCUT2D eigenvalue weighted by Crippen LogP contribution is 2.23. The summed E-state index contributed by atoms with van der Waals surface area (Å²) in [6.07, 6.45) is 1.23. The Hall–Kier alpha value is -1.79. The summed E-state index contributed by atoms with van der Waals surface area (Å²) >= 11 is 5.97. The van der Waals surface area contributed by atoms with Gasteiger partial charge in [0.2, 0.25) is 5.91 Å². The van der Waals surface area contributed by atoms with E-state index < -0.39 is 11.5 Å². The average molecular weight is 342 g/mol. The largest absolute Gasteiger partial charge is 0.492 e. The van der Waals surface area contributed by atoms with E-state index in [-0.39, 0.29) is 25.2 Å². The molecule has 1 aliphatic heterocycles. The van der Waals surface area contributed by atoms with Gasteiger partial charge in [0, 0.05) is 32.5 Å². The lowest BCUT2D eigenvalue weighted by Crippen LogP contribution is -2.57. The Kier molecular flexibility index (Phi) is 6.24. The second-order valence-electron chi connectivity index (χ2n) is 5.43. The van der Waals surface area contributed by atoms with Crippen LogP contribution in [0.15, 0.2) is 24.3 Å². The lowest BCUT2D eigenvalue weighted by molar-refractivity contribution is -0.152. The highest BCUT2D eigenvalue weighted by molar-refractivity contribution is 6.32.